The van der Waals surface area contributed by atoms with Gasteiger partial charge in [0, 0.05) is 43.2 Å². The van der Waals surface area contributed by atoms with Crippen molar-refractivity contribution in [3.05, 3.63) is 23.3 Å². The quantitative estimate of drug-likeness (QED) is 0.915. The lowest BCUT2D eigenvalue weighted by atomic mass is 10.1. The zero-order valence-electron chi connectivity index (χ0n) is 12.9. The van der Waals surface area contributed by atoms with Crippen LogP contribution in [0.3, 0.4) is 0 Å². The van der Waals surface area contributed by atoms with Gasteiger partial charge in [-0.1, -0.05) is 0 Å². The Bertz CT molecular complexity index is 567. The minimum atomic E-state index is -4.52. The van der Waals surface area contributed by atoms with Gasteiger partial charge < -0.3 is 9.84 Å². The van der Waals surface area contributed by atoms with Crippen molar-refractivity contribution in [1.82, 2.24) is 14.9 Å². The van der Waals surface area contributed by atoms with Crippen LogP contribution >= 0.6 is 0 Å². The summed E-state index contributed by atoms with van der Waals surface area (Å²) < 4.78 is 43.7. The molecule has 1 saturated carbocycles. The van der Waals surface area contributed by atoms with Crippen LogP contribution < -0.4 is 0 Å². The van der Waals surface area contributed by atoms with Crippen LogP contribution in [0.1, 0.15) is 29.9 Å². The topological polar surface area (TPSA) is 58.5 Å². The number of fused-ring (bicyclic) bond motifs is 1. The Kier molecular flexibility index (Phi) is 4.57. The fourth-order valence-electron chi connectivity index (χ4n) is 3.47. The third-order valence-electron chi connectivity index (χ3n) is 4.72. The Hall–Kier alpha value is -1.25. The molecule has 2 fully saturated rings. The first-order valence-corrected chi connectivity index (χ1v) is 7.74. The molecule has 1 aliphatic carbocycles. The average molecular weight is 331 g/mol. The van der Waals surface area contributed by atoms with Gasteiger partial charge in [0.2, 0.25) is 5.82 Å². The first-order valence-electron chi connectivity index (χ1n) is 7.74. The van der Waals surface area contributed by atoms with E-state index in [-0.39, 0.29) is 24.7 Å². The van der Waals surface area contributed by atoms with E-state index >= 15 is 0 Å². The van der Waals surface area contributed by atoms with Crippen molar-refractivity contribution in [1.29, 1.82) is 0 Å². The van der Waals surface area contributed by atoms with Crippen LogP contribution in [0.15, 0.2) is 6.20 Å². The third kappa shape index (κ3) is 3.49. The van der Waals surface area contributed by atoms with Crippen LogP contribution in [0.25, 0.3) is 0 Å². The van der Waals surface area contributed by atoms with Crippen molar-refractivity contribution >= 4 is 0 Å². The van der Waals surface area contributed by atoms with Crippen molar-refractivity contribution < 1.29 is 23.0 Å². The molecule has 8 heteroatoms. The molecule has 2 heterocycles. The van der Waals surface area contributed by atoms with Gasteiger partial charge in [-0.15, -0.1) is 0 Å². The molecule has 0 spiro atoms. The Morgan fingerprint density at radius 2 is 2.17 bits per heavy atom. The fraction of sp³-hybridized carbons (Fsp3) is 0.733. The normalized spacial score (nSPS) is 28.8. The maximum atomic E-state index is 12.6. The number of hydrogen-bond acceptors (Lipinski definition) is 5. The number of aryl methyl sites for hydroxylation is 1. The fourth-order valence-corrected chi connectivity index (χ4v) is 3.47. The molecule has 128 valence electrons. The number of aliphatic hydroxyl groups is 1. The summed E-state index contributed by atoms with van der Waals surface area (Å²) in [6, 6.07) is 0.197. The summed E-state index contributed by atoms with van der Waals surface area (Å²) in [6.45, 7) is 3.55. The van der Waals surface area contributed by atoms with Gasteiger partial charge in [-0.25, -0.2) is 9.97 Å². The second-order valence-corrected chi connectivity index (χ2v) is 6.27. The van der Waals surface area contributed by atoms with Gasteiger partial charge in [0.1, 0.15) is 0 Å². The molecule has 0 radical (unpaired) electrons. The Labute approximate surface area is 132 Å². The molecule has 0 amide bonds. The summed E-state index contributed by atoms with van der Waals surface area (Å²) in [5.41, 5.74) is 1.05. The third-order valence-corrected chi connectivity index (χ3v) is 4.72. The summed E-state index contributed by atoms with van der Waals surface area (Å²) in [6.07, 6.45) is -1.47. The van der Waals surface area contributed by atoms with Gasteiger partial charge in [-0.05, 0) is 25.7 Å². The predicted octanol–water partition coefficient (Wildman–Crippen LogP) is 1.78. The summed E-state index contributed by atoms with van der Waals surface area (Å²) in [5.74, 6) is -0.865. The van der Waals surface area contributed by atoms with Gasteiger partial charge in [-0.3, -0.25) is 4.90 Å². The van der Waals surface area contributed by atoms with Gasteiger partial charge in [0.15, 0.2) is 0 Å². The lowest BCUT2D eigenvalue weighted by Crippen LogP contribution is -2.48. The highest BCUT2D eigenvalue weighted by Gasteiger charge is 2.41. The number of rotatable bonds is 3. The van der Waals surface area contributed by atoms with Crippen molar-refractivity contribution in [2.75, 3.05) is 19.8 Å². The van der Waals surface area contributed by atoms with Crippen molar-refractivity contribution in [3.63, 3.8) is 0 Å². The van der Waals surface area contributed by atoms with Crippen molar-refractivity contribution in [2.45, 2.75) is 44.6 Å². The standard InChI is InChI=1S/C15H20F3N3O2/c1-9-11(6-19-14(20-9)15(16,17)18)7-21-2-3-23-13-5-10(8-22)4-12(13)21/h6,10,12-13,22H,2-5,7-8H2,1H3/t10-,12+,13?/m1/s1. The van der Waals surface area contributed by atoms with Crippen LogP contribution in [0, 0.1) is 12.8 Å². The molecule has 1 aromatic rings. The van der Waals surface area contributed by atoms with E-state index in [9.17, 15) is 18.3 Å². The number of halogens is 3. The van der Waals surface area contributed by atoms with Crippen molar-refractivity contribution in [3.8, 4) is 0 Å². The first kappa shape index (κ1) is 16.6. The van der Waals surface area contributed by atoms with Crippen molar-refractivity contribution in [2.24, 2.45) is 5.92 Å². The molecular formula is C15H20F3N3O2. The van der Waals surface area contributed by atoms with E-state index in [0.717, 1.165) is 19.4 Å². The minimum Gasteiger partial charge on any atom is -0.396 e. The van der Waals surface area contributed by atoms with Gasteiger partial charge in [-0.2, -0.15) is 13.2 Å². The SMILES string of the molecule is Cc1nc(C(F)(F)F)ncc1CN1CCOC2C[C@H](CO)C[C@@H]21. The predicted molar refractivity (Wildman–Crippen MR) is 75.5 cm³/mol. The monoisotopic (exact) mass is 331 g/mol. The number of ether oxygens (including phenoxy) is 1. The number of hydrogen-bond donors (Lipinski definition) is 1. The van der Waals surface area contributed by atoms with Crippen LogP contribution in [0.5, 0.6) is 0 Å². The second-order valence-electron chi connectivity index (χ2n) is 6.27. The molecule has 1 aliphatic heterocycles. The highest BCUT2D eigenvalue weighted by Crippen LogP contribution is 2.35. The highest BCUT2D eigenvalue weighted by molar-refractivity contribution is 5.17. The number of aliphatic hydroxyl groups excluding tert-OH is 1. The lowest BCUT2D eigenvalue weighted by molar-refractivity contribution is -0.145. The van der Waals surface area contributed by atoms with E-state index in [0.29, 0.717) is 24.4 Å². The number of alkyl halides is 3. The molecule has 5 nitrogen and oxygen atoms in total. The van der Waals surface area contributed by atoms with E-state index in [2.05, 4.69) is 14.9 Å². The molecule has 3 atom stereocenters. The summed E-state index contributed by atoms with van der Waals surface area (Å²) >= 11 is 0. The highest BCUT2D eigenvalue weighted by atomic mass is 19.4. The zero-order valence-corrected chi connectivity index (χ0v) is 12.9. The number of nitrogens with zero attached hydrogens (tertiary/aromatic N) is 3. The lowest BCUT2D eigenvalue weighted by Gasteiger charge is -2.37. The number of aromatic nitrogens is 2. The van der Waals surface area contributed by atoms with Crippen LogP contribution in [-0.4, -0.2) is 51.9 Å². The van der Waals surface area contributed by atoms with E-state index in [1.54, 1.807) is 6.92 Å². The molecule has 1 saturated heterocycles. The largest absolute Gasteiger partial charge is 0.451 e. The zero-order chi connectivity index (χ0) is 16.6. The Morgan fingerprint density at radius 1 is 1.39 bits per heavy atom. The Balaban J connectivity index is 1.74. The second kappa shape index (κ2) is 6.33. The molecule has 3 rings (SSSR count). The Morgan fingerprint density at radius 3 is 2.83 bits per heavy atom. The maximum absolute atomic E-state index is 12.6. The molecule has 2 aliphatic rings. The average Bonchev–Trinajstić information content (AvgIpc) is 2.92. The molecule has 23 heavy (non-hydrogen) atoms. The summed E-state index contributed by atoms with van der Waals surface area (Å²) in [4.78, 5) is 9.26. The maximum Gasteiger partial charge on any atom is 0.451 e. The van der Waals surface area contributed by atoms with Gasteiger partial charge >= 0.3 is 6.18 Å². The molecule has 1 N–H and O–H groups in total. The molecule has 0 bridgehead atoms. The number of morpholine rings is 1. The summed E-state index contributed by atoms with van der Waals surface area (Å²) in [7, 11) is 0. The minimum absolute atomic E-state index is 0.0940. The molecule has 1 aromatic heterocycles. The van der Waals surface area contributed by atoms with E-state index < -0.39 is 12.0 Å². The van der Waals surface area contributed by atoms with E-state index in [1.165, 1.54) is 6.20 Å². The molecular weight excluding hydrogens is 311 g/mol. The molecule has 1 unspecified atom stereocenters. The van der Waals surface area contributed by atoms with Gasteiger partial charge in [0.25, 0.3) is 0 Å². The summed E-state index contributed by atoms with van der Waals surface area (Å²) in [5, 5.41) is 9.34. The first-order chi connectivity index (χ1) is 10.9. The molecule has 0 aromatic carbocycles. The van der Waals surface area contributed by atoms with E-state index in [1.807, 2.05) is 0 Å². The smallest absolute Gasteiger partial charge is 0.396 e. The van der Waals surface area contributed by atoms with Crippen LogP contribution in [0.2, 0.25) is 0 Å². The van der Waals surface area contributed by atoms with Crippen LogP contribution in [0.4, 0.5) is 13.2 Å². The van der Waals surface area contributed by atoms with Crippen LogP contribution in [-0.2, 0) is 17.5 Å². The van der Waals surface area contributed by atoms with E-state index in [4.69, 9.17) is 4.74 Å². The van der Waals surface area contributed by atoms with Gasteiger partial charge in [0.05, 0.1) is 12.7 Å².